The average Bonchev–Trinajstić information content (AvgIpc) is 1.87. The Morgan fingerprint density at radius 2 is 2.22 bits per heavy atom. The first-order valence-electron chi connectivity index (χ1n) is 3.50. The molecule has 0 spiro atoms. The van der Waals surface area contributed by atoms with Crippen molar-refractivity contribution in [3.63, 3.8) is 0 Å². The number of hydrogen-bond acceptors (Lipinski definition) is 1. The Hall–Kier alpha value is -0.460. The molecule has 0 saturated carbocycles. The highest BCUT2D eigenvalue weighted by molar-refractivity contribution is 4.84. The molecule has 9 heavy (non-hydrogen) atoms. The Morgan fingerprint density at radius 1 is 1.67 bits per heavy atom. The second-order valence-corrected chi connectivity index (χ2v) is 2.24. The van der Waals surface area contributed by atoms with Gasteiger partial charge in [0.2, 0.25) is 0 Å². The first-order valence-corrected chi connectivity index (χ1v) is 3.50. The number of hydrogen-bond donors (Lipinski definition) is 0. The van der Waals surface area contributed by atoms with Crippen LogP contribution in [0.15, 0.2) is 11.8 Å². The number of allylic oxidation sites excluding steroid dienone is 2. The van der Waals surface area contributed by atoms with Crippen molar-refractivity contribution in [3.8, 4) is 0 Å². The molecule has 0 aromatic rings. The molecule has 1 unspecified atom stereocenters. The lowest BCUT2D eigenvalue weighted by Gasteiger charge is -2.11. The van der Waals surface area contributed by atoms with Crippen LogP contribution in [0.1, 0.15) is 34.1 Å². The standard InChI is InChI=1S/C8H16O/c1-5-7(3)9-8(4)6-2/h5,8H,6H2,1-4H3. The predicted molar refractivity (Wildman–Crippen MR) is 40.3 cm³/mol. The van der Waals surface area contributed by atoms with E-state index in [-0.39, 0.29) is 0 Å². The van der Waals surface area contributed by atoms with Gasteiger partial charge in [-0.25, -0.2) is 0 Å². The average molecular weight is 128 g/mol. The van der Waals surface area contributed by atoms with E-state index in [1.165, 1.54) is 0 Å². The van der Waals surface area contributed by atoms with E-state index in [9.17, 15) is 0 Å². The molecule has 1 heteroatoms. The summed E-state index contributed by atoms with van der Waals surface area (Å²) in [5, 5.41) is 0. The van der Waals surface area contributed by atoms with E-state index >= 15 is 0 Å². The van der Waals surface area contributed by atoms with E-state index in [0.29, 0.717) is 6.10 Å². The minimum atomic E-state index is 0.362. The monoisotopic (exact) mass is 128 g/mol. The van der Waals surface area contributed by atoms with Gasteiger partial charge in [0.05, 0.1) is 11.9 Å². The van der Waals surface area contributed by atoms with Gasteiger partial charge < -0.3 is 4.74 Å². The number of rotatable bonds is 3. The van der Waals surface area contributed by atoms with Gasteiger partial charge >= 0.3 is 0 Å². The zero-order chi connectivity index (χ0) is 7.28. The smallest absolute Gasteiger partial charge is 0.0951 e. The van der Waals surface area contributed by atoms with Crippen molar-refractivity contribution in [2.75, 3.05) is 0 Å². The summed E-state index contributed by atoms with van der Waals surface area (Å²) in [6.07, 6.45) is 3.42. The second kappa shape index (κ2) is 4.42. The van der Waals surface area contributed by atoms with Gasteiger partial charge in [0.1, 0.15) is 0 Å². The quantitative estimate of drug-likeness (QED) is 0.531. The van der Waals surface area contributed by atoms with Gasteiger partial charge in [0.25, 0.3) is 0 Å². The molecular formula is C8H16O. The lowest BCUT2D eigenvalue weighted by molar-refractivity contribution is 0.129. The summed E-state index contributed by atoms with van der Waals surface area (Å²) in [5.74, 6) is 1.02. The van der Waals surface area contributed by atoms with Gasteiger partial charge in [-0.15, -0.1) is 0 Å². The molecule has 1 atom stereocenters. The highest BCUT2D eigenvalue weighted by Gasteiger charge is 1.96. The zero-order valence-electron chi connectivity index (χ0n) is 6.77. The van der Waals surface area contributed by atoms with E-state index in [4.69, 9.17) is 4.74 Å². The van der Waals surface area contributed by atoms with E-state index < -0.39 is 0 Å². The van der Waals surface area contributed by atoms with Crippen LogP contribution in [0.5, 0.6) is 0 Å². The molecule has 0 amide bonds. The minimum absolute atomic E-state index is 0.362. The van der Waals surface area contributed by atoms with Gasteiger partial charge in [-0.2, -0.15) is 0 Å². The molecule has 0 aliphatic rings. The van der Waals surface area contributed by atoms with Crippen molar-refractivity contribution < 1.29 is 4.74 Å². The van der Waals surface area contributed by atoms with Crippen LogP contribution in [0.25, 0.3) is 0 Å². The van der Waals surface area contributed by atoms with Crippen LogP contribution >= 0.6 is 0 Å². The molecular weight excluding hydrogens is 112 g/mol. The van der Waals surface area contributed by atoms with Crippen LogP contribution in [0.4, 0.5) is 0 Å². The van der Waals surface area contributed by atoms with Gasteiger partial charge in [0.15, 0.2) is 0 Å². The first kappa shape index (κ1) is 8.54. The molecule has 0 bridgehead atoms. The predicted octanol–water partition coefficient (Wildman–Crippen LogP) is 2.73. The molecule has 0 aromatic heterocycles. The largest absolute Gasteiger partial charge is 0.496 e. The van der Waals surface area contributed by atoms with Gasteiger partial charge in [-0.3, -0.25) is 0 Å². The SMILES string of the molecule is CC=C(C)OC(C)CC. The molecule has 0 saturated heterocycles. The highest BCUT2D eigenvalue weighted by atomic mass is 16.5. The normalized spacial score (nSPS) is 15.3. The number of ether oxygens (including phenoxy) is 1. The molecule has 0 radical (unpaired) electrons. The van der Waals surface area contributed by atoms with Crippen LogP contribution in [0, 0.1) is 0 Å². The molecule has 0 aromatic carbocycles. The van der Waals surface area contributed by atoms with Crippen molar-refractivity contribution in [3.05, 3.63) is 11.8 Å². The Kier molecular flexibility index (Phi) is 4.20. The summed E-state index contributed by atoms with van der Waals surface area (Å²) >= 11 is 0. The fraction of sp³-hybridized carbons (Fsp3) is 0.750. The van der Waals surface area contributed by atoms with Gasteiger partial charge in [-0.1, -0.05) is 6.92 Å². The summed E-state index contributed by atoms with van der Waals surface area (Å²) < 4.78 is 5.41. The van der Waals surface area contributed by atoms with Crippen molar-refractivity contribution in [2.45, 2.75) is 40.2 Å². The maximum atomic E-state index is 5.41. The third-order valence-electron chi connectivity index (χ3n) is 1.37. The maximum absolute atomic E-state index is 5.41. The fourth-order valence-corrected chi connectivity index (χ4v) is 0.469. The highest BCUT2D eigenvalue weighted by Crippen LogP contribution is 2.03. The third-order valence-corrected chi connectivity index (χ3v) is 1.37. The van der Waals surface area contributed by atoms with E-state index in [1.807, 2.05) is 19.9 Å². The van der Waals surface area contributed by atoms with Crippen molar-refractivity contribution in [1.82, 2.24) is 0 Å². The van der Waals surface area contributed by atoms with E-state index in [0.717, 1.165) is 12.2 Å². The topological polar surface area (TPSA) is 9.23 Å². The van der Waals surface area contributed by atoms with Gasteiger partial charge in [0, 0.05) is 0 Å². The zero-order valence-corrected chi connectivity index (χ0v) is 6.77. The second-order valence-electron chi connectivity index (χ2n) is 2.24. The van der Waals surface area contributed by atoms with E-state index in [2.05, 4.69) is 13.8 Å². The van der Waals surface area contributed by atoms with Crippen LogP contribution in [0.2, 0.25) is 0 Å². The molecule has 0 fully saturated rings. The minimum Gasteiger partial charge on any atom is -0.496 e. The Morgan fingerprint density at radius 3 is 2.56 bits per heavy atom. The molecule has 54 valence electrons. The molecule has 0 rings (SSSR count). The summed E-state index contributed by atoms with van der Waals surface area (Å²) in [5.41, 5.74) is 0. The summed E-state index contributed by atoms with van der Waals surface area (Å²) in [6.45, 7) is 8.16. The van der Waals surface area contributed by atoms with Crippen molar-refractivity contribution in [2.24, 2.45) is 0 Å². The van der Waals surface area contributed by atoms with Crippen molar-refractivity contribution >= 4 is 0 Å². The van der Waals surface area contributed by atoms with Crippen LogP contribution < -0.4 is 0 Å². The molecule has 1 nitrogen and oxygen atoms in total. The molecule has 0 N–H and O–H groups in total. The summed E-state index contributed by atoms with van der Waals surface area (Å²) in [6, 6.07) is 0. The van der Waals surface area contributed by atoms with Gasteiger partial charge in [-0.05, 0) is 33.3 Å². The van der Waals surface area contributed by atoms with E-state index in [1.54, 1.807) is 0 Å². The fourth-order valence-electron chi connectivity index (χ4n) is 0.469. The molecule has 0 aliphatic heterocycles. The summed E-state index contributed by atoms with van der Waals surface area (Å²) in [4.78, 5) is 0. The van der Waals surface area contributed by atoms with Crippen LogP contribution in [-0.2, 0) is 4.74 Å². The Labute approximate surface area is 57.7 Å². The summed E-state index contributed by atoms with van der Waals surface area (Å²) in [7, 11) is 0. The Balaban J connectivity index is 3.47. The van der Waals surface area contributed by atoms with Crippen molar-refractivity contribution in [1.29, 1.82) is 0 Å². The van der Waals surface area contributed by atoms with Crippen LogP contribution in [-0.4, -0.2) is 6.10 Å². The lowest BCUT2D eigenvalue weighted by atomic mass is 10.3. The Bertz CT molecular complexity index is 94.7. The maximum Gasteiger partial charge on any atom is 0.0951 e. The first-order chi connectivity index (χ1) is 4.20. The lowest BCUT2D eigenvalue weighted by Crippen LogP contribution is -2.03. The van der Waals surface area contributed by atoms with Crippen LogP contribution in [0.3, 0.4) is 0 Å². The third kappa shape index (κ3) is 4.07. The molecule has 0 aliphatic carbocycles. The molecule has 0 heterocycles.